The van der Waals surface area contributed by atoms with Gasteiger partial charge in [-0.3, -0.25) is 14.5 Å². The molecule has 0 radical (unpaired) electrons. The van der Waals surface area contributed by atoms with Crippen LogP contribution in [0.4, 0.5) is 5.69 Å². The number of hydrogen-bond acceptors (Lipinski definition) is 4. The van der Waals surface area contributed by atoms with Gasteiger partial charge in [0.1, 0.15) is 5.88 Å². The summed E-state index contributed by atoms with van der Waals surface area (Å²) in [5.41, 5.74) is 2.61. The van der Waals surface area contributed by atoms with Gasteiger partial charge < -0.3 is 14.5 Å². The number of alkyl halides is 1. The number of anilines is 1. The number of carbonyl (C=O) groups excluding carboxylic acids is 2. The van der Waals surface area contributed by atoms with E-state index in [1.54, 1.807) is 17.0 Å². The molecule has 1 saturated heterocycles. The highest BCUT2D eigenvalue weighted by Crippen LogP contribution is 2.18. The van der Waals surface area contributed by atoms with Crippen LogP contribution in [0, 0.1) is 0 Å². The summed E-state index contributed by atoms with van der Waals surface area (Å²) < 4.78 is 5.61. The number of nitrogens with zero attached hydrogens (tertiary/aromatic N) is 3. The van der Waals surface area contributed by atoms with E-state index in [0.717, 1.165) is 49.6 Å². The van der Waals surface area contributed by atoms with Crippen LogP contribution in [0.25, 0.3) is 0 Å². The number of amides is 2. The van der Waals surface area contributed by atoms with E-state index in [4.69, 9.17) is 27.9 Å². The fourth-order valence-corrected chi connectivity index (χ4v) is 4.32. The van der Waals surface area contributed by atoms with Crippen molar-refractivity contribution in [2.45, 2.75) is 26.2 Å². The lowest BCUT2D eigenvalue weighted by Gasteiger charge is -2.35. The summed E-state index contributed by atoms with van der Waals surface area (Å²) in [5, 5.41) is 0.753. The standard InChI is InChI=1S/C27H35Cl2N3O3/c1-2-3-19-35-20-18-32(26(33)21-28)25-10-6-23(7-11-25)27(34)31-16-14-30(15-17-31)13-12-22-4-8-24(29)9-5-22/h4-11H,2-3,12-21H2,1H3. The van der Waals surface area contributed by atoms with Gasteiger partial charge in [-0.15, -0.1) is 11.6 Å². The van der Waals surface area contributed by atoms with E-state index in [2.05, 4.69) is 24.0 Å². The molecule has 6 nitrogen and oxygen atoms in total. The van der Waals surface area contributed by atoms with Gasteiger partial charge in [-0.05, 0) is 54.8 Å². The van der Waals surface area contributed by atoms with E-state index < -0.39 is 0 Å². The van der Waals surface area contributed by atoms with Gasteiger partial charge in [0.2, 0.25) is 5.91 Å². The lowest BCUT2D eigenvalue weighted by atomic mass is 10.1. The Kier molecular flexibility index (Phi) is 11.3. The van der Waals surface area contributed by atoms with Crippen LogP contribution in [0.2, 0.25) is 5.02 Å². The summed E-state index contributed by atoms with van der Waals surface area (Å²) in [6.45, 7) is 7.75. The lowest BCUT2D eigenvalue weighted by Crippen LogP contribution is -2.49. The molecule has 1 aliphatic rings. The molecule has 2 aromatic carbocycles. The zero-order valence-corrected chi connectivity index (χ0v) is 21.9. The number of piperazine rings is 1. The van der Waals surface area contributed by atoms with E-state index in [1.165, 1.54) is 5.56 Å². The molecule has 1 heterocycles. The molecule has 2 amide bonds. The second-order valence-electron chi connectivity index (χ2n) is 8.70. The van der Waals surface area contributed by atoms with E-state index in [9.17, 15) is 9.59 Å². The first-order chi connectivity index (χ1) is 17.0. The Hall–Kier alpha value is -2.12. The molecule has 0 bridgehead atoms. The summed E-state index contributed by atoms with van der Waals surface area (Å²) in [6, 6.07) is 15.2. The molecule has 3 rings (SSSR count). The average molecular weight is 521 g/mol. The summed E-state index contributed by atoms with van der Waals surface area (Å²) in [4.78, 5) is 31.3. The fraction of sp³-hybridized carbons (Fsp3) is 0.481. The highest BCUT2D eigenvalue weighted by atomic mass is 35.5. The Morgan fingerprint density at radius 2 is 1.66 bits per heavy atom. The van der Waals surface area contributed by atoms with Crippen LogP contribution in [0.3, 0.4) is 0 Å². The Morgan fingerprint density at radius 1 is 0.971 bits per heavy atom. The van der Waals surface area contributed by atoms with E-state index in [1.807, 2.05) is 29.2 Å². The van der Waals surface area contributed by atoms with E-state index in [-0.39, 0.29) is 17.7 Å². The minimum Gasteiger partial charge on any atom is -0.380 e. The van der Waals surface area contributed by atoms with Crippen molar-refractivity contribution in [3.05, 3.63) is 64.7 Å². The van der Waals surface area contributed by atoms with Crippen molar-refractivity contribution in [1.29, 1.82) is 0 Å². The molecule has 2 aromatic rings. The third-order valence-corrected chi connectivity index (χ3v) is 6.71. The molecule has 0 aromatic heterocycles. The Bertz CT molecular complexity index is 930. The predicted octanol–water partition coefficient (Wildman–Crippen LogP) is 4.73. The second-order valence-corrected chi connectivity index (χ2v) is 9.41. The highest BCUT2D eigenvalue weighted by Gasteiger charge is 2.22. The number of hydrogen-bond donors (Lipinski definition) is 0. The maximum absolute atomic E-state index is 13.0. The van der Waals surface area contributed by atoms with Gasteiger partial charge >= 0.3 is 0 Å². The van der Waals surface area contributed by atoms with Gasteiger partial charge in [0.15, 0.2) is 0 Å². The zero-order chi connectivity index (χ0) is 25.0. The summed E-state index contributed by atoms with van der Waals surface area (Å²) >= 11 is 11.8. The summed E-state index contributed by atoms with van der Waals surface area (Å²) in [5.74, 6) is -0.260. The molecular formula is C27H35Cl2N3O3. The predicted molar refractivity (Wildman–Crippen MR) is 143 cm³/mol. The SMILES string of the molecule is CCCCOCCN(C(=O)CCl)c1ccc(C(=O)N2CCN(CCc3ccc(Cl)cc3)CC2)cc1. The Morgan fingerprint density at radius 3 is 2.29 bits per heavy atom. The smallest absolute Gasteiger partial charge is 0.253 e. The Labute approximate surface area is 218 Å². The topological polar surface area (TPSA) is 53.1 Å². The first-order valence-corrected chi connectivity index (χ1v) is 13.2. The van der Waals surface area contributed by atoms with Gasteiger partial charge in [0, 0.05) is 62.1 Å². The quantitative estimate of drug-likeness (QED) is 0.300. The first-order valence-electron chi connectivity index (χ1n) is 12.3. The van der Waals surface area contributed by atoms with E-state index in [0.29, 0.717) is 38.4 Å². The molecule has 190 valence electrons. The van der Waals surface area contributed by atoms with Gasteiger partial charge in [-0.25, -0.2) is 0 Å². The molecule has 1 aliphatic heterocycles. The molecule has 0 atom stereocenters. The number of rotatable bonds is 12. The van der Waals surface area contributed by atoms with Crippen molar-refractivity contribution < 1.29 is 14.3 Å². The molecule has 35 heavy (non-hydrogen) atoms. The molecule has 0 unspecified atom stereocenters. The van der Waals surface area contributed by atoms with Crippen molar-refractivity contribution in [3.8, 4) is 0 Å². The summed E-state index contributed by atoms with van der Waals surface area (Å²) in [7, 11) is 0. The van der Waals surface area contributed by atoms with Crippen LogP contribution in [-0.4, -0.2) is 80.0 Å². The van der Waals surface area contributed by atoms with Gasteiger partial charge in [0.05, 0.1) is 6.61 Å². The molecule has 0 spiro atoms. The van der Waals surface area contributed by atoms with Crippen molar-refractivity contribution in [2.24, 2.45) is 0 Å². The van der Waals surface area contributed by atoms with Gasteiger partial charge in [-0.2, -0.15) is 0 Å². The minimum atomic E-state index is -0.181. The van der Waals surface area contributed by atoms with Crippen molar-refractivity contribution in [3.63, 3.8) is 0 Å². The largest absolute Gasteiger partial charge is 0.380 e. The van der Waals surface area contributed by atoms with Crippen LogP contribution in [0.1, 0.15) is 35.7 Å². The third-order valence-electron chi connectivity index (χ3n) is 6.23. The second kappa shape index (κ2) is 14.4. The van der Waals surface area contributed by atoms with Gasteiger partial charge in [0.25, 0.3) is 5.91 Å². The highest BCUT2D eigenvalue weighted by molar-refractivity contribution is 6.30. The van der Waals surface area contributed by atoms with Crippen LogP contribution >= 0.6 is 23.2 Å². The average Bonchev–Trinajstić information content (AvgIpc) is 2.90. The van der Waals surface area contributed by atoms with Crippen molar-refractivity contribution >= 4 is 40.7 Å². The van der Waals surface area contributed by atoms with Crippen LogP contribution in [0.15, 0.2) is 48.5 Å². The maximum Gasteiger partial charge on any atom is 0.253 e. The van der Waals surface area contributed by atoms with Crippen molar-refractivity contribution in [1.82, 2.24) is 9.80 Å². The van der Waals surface area contributed by atoms with Gasteiger partial charge in [-0.1, -0.05) is 37.1 Å². The molecule has 0 aliphatic carbocycles. The van der Waals surface area contributed by atoms with Crippen LogP contribution in [-0.2, 0) is 16.0 Å². The fourth-order valence-electron chi connectivity index (χ4n) is 4.05. The minimum absolute atomic E-state index is 0.0204. The number of unbranched alkanes of at least 4 members (excludes halogenated alkanes) is 1. The molecule has 1 fully saturated rings. The molecule has 8 heteroatoms. The molecule has 0 saturated carbocycles. The number of halogens is 2. The third kappa shape index (κ3) is 8.50. The monoisotopic (exact) mass is 519 g/mol. The van der Waals surface area contributed by atoms with Crippen LogP contribution in [0.5, 0.6) is 0 Å². The number of ether oxygens (including phenoxy) is 1. The first kappa shape index (κ1) is 27.5. The number of carbonyl (C=O) groups is 2. The zero-order valence-electron chi connectivity index (χ0n) is 20.4. The Balaban J connectivity index is 1.49. The normalized spacial score (nSPS) is 14.2. The molecular weight excluding hydrogens is 485 g/mol. The molecule has 0 N–H and O–H groups in total. The van der Waals surface area contributed by atoms with Crippen molar-refractivity contribution in [2.75, 3.05) is 63.3 Å². The number of benzene rings is 2. The summed E-state index contributed by atoms with van der Waals surface area (Å²) in [6.07, 6.45) is 3.03. The van der Waals surface area contributed by atoms with E-state index >= 15 is 0 Å². The van der Waals surface area contributed by atoms with Crippen LogP contribution < -0.4 is 4.90 Å². The lowest BCUT2D eigenvalue weighted by molar-refractivity contribution is -0.116. The maximum atomic E-state index is 13.0.